The second-order valence-corrected chi connectivity index (χ2v) is 9.09. The first kappa shape index (κ1) is 22.5. The quantitative estimate of drug-likeness (QED) is 0.405. The third kappa shape index (κ3) is 6.38. The van der Waals surface area contributed by atoms with Crippen LogP contribution in [0, 0.1) is 11.8 Å². The summed E-state index contributed by atoms with van der Waals surface area (Å²) >= 11 is 4.27. The highest BCUT2D eigenvalue weighted by molar-refractivity contribution is 9.10. The van der Waals surface area contributed by atoms with Crippen LogP contribution in [0.25, 0.3) is 6.08 Å². The minimum Gasteiger partial charge on any atom is -0.492 e. The van der Waals surface area contributed by atoms with Gasteiger partial charge in [0.2, 0.25) is 0 Å². The van der Waals surface area contributed by atoms with Crippen molar-refractivity contribution >= 4 is 50.9 Å². The first-order chi connectivity index (χ1) is 13.2. The Morgan fingerprint density at radius 2 is 1.86 bits per heavy atom. The summed E-state index contributed by atoms with van der Waals surface area (Å²) in [5, 5.41) is -0.478. The van der Waals surface area contributed by atoms with Gasteiger partial charge in [-0.05, 0) is 63.3 Å². The smallest absolute Gasteiger partial charge is 0.326 e. The zero-order valence-corrected chi connectivity index (χ0v) is 18.8. The van der Waals surface area contributed by atoms with E-state index < -0.39 is 17.1 Å². The third-order valence-electron chi connectivity index (χ3n) is 3.56. The van der Waals surface area contributed by atoms with E-state index in [1.807, 2.05) is 32.0 Å². The van der Waals surface area contributed by atoms with Crippen molar-refractivity contribution in [2.24, 2.45) is 11.8 Å². The molecule has 0 aromatic heterocycles. The molecule has 1 heterocycles. The number of benzene rings is 1. The SMILES string of the molecule is CC(C)COC(=O)CN1C(=O)S/C(=C/c2ccc(OCC(C)C)c(Br)c2)C1=O. The molecular weight excluding hydrogens is 446 g/mol. The molecule has 1 saturated heterocycles. The largest absolute Gasteiger partial charge is 0.492 e. The summed E-state index contributed by atoms with van der Waals surface area (Å²) in [7, 11) is 0. The number of halogens is 1. The second kappa shape index (κ2) is 10.1. The number of esters is 1. The van der Waals surface area contributed by atoms with Crippen molar-refractivity contribution < 1.29 is 23.9 Å². The molecule has 6 nitrogen and oxygen atoms in total. The van der Waals surface area contributed by atoms with Crippen molar-refractivity contribution in [3.05, 3.63) is 33.1 Å². The first-order valence-corrected chi connectivity index (χ1v) is 10.6. The summed E-state index contributed by atoms with van der Waals surface area (Å²) in [6, 6.07) is 5.44. The number of ether oxygens (including phenoxy) is 2. The van der Waals surface area contributed by atoms with E-state index in [-0.39, 0.29) is 24.0 Å². The minimum absolute atomic E-state index is 0.185. The number of carbonyl (C=O) groups excluding carboxylic acids is 3. The molecule has 0 spiro atoms. The van der Waals surface area contributed by atoms with Crippen LogP contribution in [0.1, 0.15) is 33.3 Å². The highest BCUT2D eigenvalue weighted by Crippen LogP contribution is 2.34. The summed E-state index contributed by atoms with van der Waals surface area (Å²) in [6.45, 7) is 8.43. The Kier molecular flexibility index (Phi) is 8.12. The van der Waals surface area contributed by atoms with Crippen LogP contribution in [0.3, 0.4) is 0 Å². The summed E-state index contributed by atoms with van der Waals surface area (Å²) in [4.78, 5) is 37.6. The fourth-order valence-corrected chi connectivity index (χ4v) is 3.55. The van der Waals surface area contributed by atoms with Crippen LogP contribution < -0.4 is 4.74 Å². The number of rotatable bonds is 8. The zero-order chi connectivity index (χ0) is 20.8. The fourth-order valence-electron chi connectivity index (χ4n) is 2.20. The molecule has 0 saturated carbocycles. The molecular formula is C20H24BrNO5S. The van der Waals surface area contributed by atoms with Crippen molar-refractivity contribution in [2.75, 3.05) is 19.8 Å². The summed E-state index contributed by atoms with van der Waals surface area (Å²) in [5.74, 6) is 0.224. The number of imide groups is 1. The lowest BCUT2D eigenvalue weighted by Gasteiger charge is -2.12. The zero-order valence-electron chi connectivity index (χ0n) is 16.4. The lowest BCUT2D eigenvalue weighted by atomic mass is 10.2. The second-order valence-electron chi connectivity index (χ2n) is 7.24. The van der Waals surface area contributed by atoms with Crippen LogP contribution >= 0.6 is 27.7 Å². The standard InChI is InChI=1S/C20H24BrNO5S/c1-12(2)10-26-16-6-5-14(7-15(16)21)8-17-19(24)22(20(25)28-17)9-18(23)27-11-13(3)4/h5-8,12-13H,9-11H2,1-4H3/b17-8+. The molecule has 2 rings (SSSR count). The van der Waals surface area contributed by atoms with E-state index >= 15 is 0 Å². The van der Waals surface area contributed by atoms with Crippen LogP contribution in [0.15, 0.2) is 27.6 Å². The van der Waals surface area contributed by atoms with Crippen LogP contribution in [0.4, 0.5) is 4.79 Å². The van der Waals surface area contributed by atoms with Crippen LogP contribution in [-0.2, 0) is 14.3 Å². The van der Waals surface area contributed by atoms with E-state index in [0.717, 1.165) is 26.7 Å². The molecule has 0 radical (unpaired) electrons. The fraction of sp³-hybridized carbons (Fsp3) is 0.450. The molecule has 0 N–H and O–H groups in total. The van der Waals surface area contributed by atoms with Gasteiger partial charge >= 0.3 is 5.97 Å². The number of nitrogens with zero attached hydrogens (tertiary/aromatic N) is 1. The molecule has 28 heavy (non-hydrogen) atoms. The highest BCUT2D eigenvalue weighted by atomic mass is 79.9. The molecule has 1 fully saturated rings. The van der Waals surface area contributed by atoms with Gasteiger partial charge in [0.05, 0.1) is 22.6 Å². The van der Waals surface area contributed by atoms with Crippen LogP contribution in [0.2, 0.25) is 0 Å². The number of amides is 2. The molecule has 8 heteroatoms. The van der Waals surface area contributed by atoms with Crippen LogP contribution in [-0.4, -0.2) is 41.8 Å². The summed E-state index contributed by atoms with van der Waals surface area (Å²) in [6.07, 6.45) is 1.63. The number of thioether (sulfide) groups is 1. The molecule has 0 aliphatic carbocycles. The molecule has 0 unspecified atom stereocenters. The number of hydrogen-bond acceptors (Lipinski definition) is 6. The molecule has 2 amide bonds. The Morgan fingerprint density at radius 3 is 2.46 bits per heavy atom. The maximum atomic E-state index is 12.5. The maximum Gasteiger partial charge on any atom is 0.326 e. The van der Waals surface area contributed by atoms with Gasteiger partial charge in [-0.15, -0.1) is 0 Å². The van der Waals surface area contributed by atoms with Gasteiger partial charge in [-0.3, -0.25) is 19.3 Å². The van der Waals surface area contributed by atoms with E-state index in [1.54, 1.807) is 6.08 Å². The molecule has 152 valence electrons. The van der Waals surface area contributed by atoms with Gasteiger partial charge in [-0.1, -0.05) is 33.8 Å². The van der Waals surface area contributed by atoms with Crippen molar-refractivity contribution in [1.29, 1.82) is 0 Å². The summed E-state index contributed by atoms with van der Waals surface area (Å²) < 4.78 is 11.5. The average molecular weight is 470 g/mol. The van der Waals surface area contributed by atoms with E-state index in [2.05, 4.69) is 29.8 Å². The van der Waals surface area contributed by atoms with E-state index in [9.17, 15) is 14.4 Å². The predicted octanol–water partition coefficient (Wildman–Crippen LogP) is 4.72. The molecule has 1 aliphatic heterocycles. The van der Waals surface area contributed by atoms with Gasteiger partial charge in [0, 0.05) is 0 Å². The predicted molar refractivity (Wildman–Crippen MR) is 113 cm³/mol. The lowest BCUT2D eigenvalue weighted by Crippen LogP contribution is -2.34. The van der Waals surface area contributed by atoms with E-state index in [1.165, 1.54) is 0 Å². The normalized spacial score (nSPS) is 15.8. The van der Waals surface area contributed by atoms with Crippen molar-refractivity contribution in [3.63, 3.8) is 0 Å². The van der Waals surface area contributed by atoms with E-state index in [0.29, 0.717) is 18.3 Å². The lowest BCUT2D eigenvalue weighted by molar-refractivity contribution is -0.147. The van der Waals surface area contributed by atoms with Crippen molar-refractivity contribution in [2.45, 2.75) is 27.7 Å². The molecule has 0 bridgehead atoms. The Hall–Kier alpha value is -1.80. The Labute approximate surface area is 177 Å². The molecule has 1 aromatic rings. The minimum atomic E-state index is -0.591. The van der Waals surface area contributed by atoms with Gasteiger partial charge < -0.3 is 9.47 Å². The van der Waals surface area contributed by atoms with Gasteiger partial charge in [0.15, 0.2) is 0 Å². The van der Waals surface area contributed by atoms with Gasteiger partial charge in [0.25, 0.3) is 11.1 Å². The number of hydrogen-bond donors (Lipinski definition) is 0. The maximum absolute atomic E-state index is 12.5. The van der Waals surface area contributed by atoms with Crippen molar-refractivity contribution in [1.82, 2.24) is 4.90 Å². The van der Waals surface area contributed by atoms with Crippen LogP contribution in [0.5, 0.6) is 5.75 Å². The Bertz CT molecular complexity index is 791. The molecule has 1 aromatic carbocycles. The average Bonchev–Trinajstić information content (AvgIpc) is 2.86. The summed E-state index contributed by atoms with van der Waals surface area (Å²) in [5.41, 5.74) is 0.747. The highest BCUT2D eigenvalue weighted by Gasteiger charge is 2.36. The molecule has 1 aliphatic rings. The van der Waals surface area contributed by atoms with E-state index in [4.69, 9.17) is 9.47 Å². The third-order valence-corrected chi connectivity index (χ3v) is 5.09. The van der Waals surface area contributed by atoms with Gasteiger partial charge in [-0.2, -0.15) is 0 Å². The topological polar surface area (TPSA) is 72.9 Å². The monoisotopic (exact) mass is 469 g/mol. The number of carbonyl (C=O) groups is 3. The Morgan fingerprint density at radius 1 is 1.18 bits per heavy atom. The molecule has 0 atom stereocenters. The van der Waals surface area contributed by atoms with Crippen molar-refractivity contribution in [3.8, 4) is 5.75 Å². The first-order valence-electron chi connectivity index (χ1n) is 9.00. The Balaban J connectivity index is 2.06. The van der Waals surface area contributed by atoms with Gasteiger partial charge in [-0.25, -0.2) is 0 Å². The van der Waals surface area contributed by atoms with Gasteiger partial charge in [0.1, 0.15) is 12.3 Å².